The first-order valence-electron chi connectivity index (χ1n) is 5.28. The molecule has 0 aliphatic rings. The molecule has 0 bridgehead atoms. The van der Waals surface area contributed by atoms with Crippen molar-refractivity contribution in [1.29, 1.82) is 0 Å². The van der Waals surface area contributed by atoms with Crippen LogP contribution in [0.1, 0.15) is 4.88 Å². The highest BCUT2D eigenvalue weighted by Gasteiger charge is 2.19. The first-order chi connectivity index (χ1) is 9.33. The molecule has 1 aromatic carbocycles. The molecule has 2 aromatic rings. The predicted molar refractivity (Wildman–Crippen MR) is 77.1 cm³/mol. The lowest BCUT2D eigenvalue weighted by Gasteiger charge is -2.08. The van der Waals surface area contributed by atoms with E-state index < -0.39 is 21.7 Å². The van der Waals surface area contributed by atoms with Crippen LogP contribution < -0.4 is 10.5 Å². The molecule has 0 aliphatic heterocycles. The summed E-state index contributed by atoms with van der Waals surface area (Å²) in [5.41, 5.74) is 5.07. The Morgan fingerprint density at radius 1 is 1.25 bits per heavy atom. The average Bonchev–Trinajstić information content (AvgIpc) is 2.85. The molecule has 1 aromatic heterocycles. The van der Waals surface area contributed by atoms with Crippen LogP contribution in [0.25, 0.3) is 0 Å². The SMILES string of the molecule is NCc1cc(S(=O)(=O)Nc2cc(Br)c(F)cc2F)cs1. The summed E-state index contributed by atoms with van der Waals surface area (Å²) in [6.45, 7) is 0.219. The van der Waals surface area contributed by atoms with Crippen molar-refractivity contribution in [3.05, 3.63) is 44.6 Å². The van der Waals surface area contributed by atoms with Gasteiger partial charge in [-0.15, -0.1) is 11.3 Å². The summed E-state index contributed by atoms with van der Waals surface area (Å²) in [4.78, 5) is 0.675. The van der Waals surface area contributed by atoms with Crippen molar-refractivity contribution in [1.82, 2.24) is 0 Å². The number of halogens is 3. The van der Waals surface area contributed by atoms with E-state index in [2.05, 4.69) is 20.7 Å². The lowest BCUT2D eigenvalue weighted by atomic mass is 10.3. The molecule has 0 atom stereocenters. The fourth-order valence-electron chi connectivity index (χ4n) is 1.41. The van der Waals surface area contributed by atoms with Crippen LogP contribution in [0.5, 0.6) is 0 Å². The van der Waals surface area contributed by atoms with Crippen LogP contribution in [0, 0.1) is 11.6 Å². The summed E-state index contributed by atoms with van der Waals surface area (Å²) < 4.78 is 52.8. The first kappa shape index (κ1) is 15.4. The lowest BCUT2D eigenvalue weighted by Crippen LogP contribution is -2.13. The molecular weight excluding hydrogens is 374 g/mol. The van der Waals surface area contributed by atoms with Gasteiger partial charge in [-0.05, 0) is 28.1 Å². The molecule has 0 radical (unpaired) electrons. The van der Waals surface area contributed by atoms with Crippen molar-refractivity contribution in [3.8, 4) is 0 Å². The first-order valence-corrected chi connectivity index (χ1v) is 8.44. The monoisotopic (exact) mass is 382 g/mol. The zero-order valence-corrected chi connectivity index (χ0v) is 13.1. The number of nitrogens with one attached hydrogen (secondary N) is 1. The van der Waals surface area contributed by atoms with Crippen molar-refractivity contribution in [3.63, 3.8) is 0 Å². The number of thiophene rings is 1. The van der Waals surface area contributed by atoms with Gasteiger partial charge in [-0.3, -0.25) is 4.72 Å². The Morgan fingerprint density at radius 3 is 2.55 bits per heavy atom. The van der Waals surface area contributed by atoms with Crippen LogP contribution in [-0.2, 0) is 16.6 Å². The maximum atomic E-state index is 13.5. The fourth-order valence-corrected chi connectivity index (χ4v) is 3.97. The van der Waals surface area contributed by atoms with Gasteiger partial charge in [0.1, 0.15) is 11.6 Å². The standard InChI is InChI=1S/C11H9BrF2N2O2S2/c12-8-2-11(10(14)3-9(8)13)16-20(17,18)7-1-6(4-15)19-5-7/h1-3,5,16H,4,15H2. The molecule has 0 spiro atoms. The van der Waals surface area contributed by atoms with Crippen LogP contribution in [-0.4, -0.2) is 8.42 Å². The molecule has 0 aliphatic carbocycles. The molecule has 0 fully saturated rings. The minimum absolute atomic E-state index is 0.0113. The van der Waals surface area contributed by atoms with E-state index >= 15 is 0 Å². The molecule has 1 heterocycles. The van der Waals surface area contributed by atoms with Gasteiger partial charge >= 0.3 is 0 Å². The number of anilines is 1. The van der Waals surface area contributed by atoms with Crippen molar-refractivity contribution >= 4 is 43.0 Å². The second-order valence-electron chi connectivity index (χ2n) is 3.80. The summed E-state index contributed by atoms with van der Waals surface area (Å²) in [5, 5.41) is 1.40. The van der Waals surface area contributed by atoms with Gasteiger partial charge in [0.05, 0.1) is 15.1 Å². The van der Waals surface area contributed by atoms with E-state index in [1.807, 2.05) is 0 Å². The molecule has 3 N–H and O–H groups in total. The molecule has 2 rings (SSSR count). The number of hydrogen-bond donors (Lipinski definition) is 2. The third-order valence-corrected chi connectivity index (χ3v) is 5.46. The van der Waals surface area contributed by atoms with Crippen molar-refractivity contribution < 1.29 is 17.2 Å². The number of benzene rings is 1. The molecule has 0 amide bonds. The zero-order chi connectivity index (χ0) is 14.9. The minimum atomic E-state index is -3.93. The molecule has 20 heavy (non-hydrogen) atoms. The zero-order valence-electron chi connectivity index (χ0n) is 9.86. The highest BCUT2D eigenvalue weighted by molar-refractivity contribution is 9.10. The van der Waals surface area contributed by atoms with Crippen LogP contribution in [0.4, 0.5) is 14.5 Å². The van der Waals surface area contributed by atoms with Gasteiger partial charge in [0.2, 0.25) is 0 Å². The summed E-state index contributed by atoms with van der Waals surface area (Å²) in [6, 6.07) is 3.03. The lowest BCUT2D eigenvalue weighted by molar-refractivity contribution is 0.579. The van der Waals surface area contributed by atoms with E-state index in [1.165, 1.54) is 22.8 Å². The Hall–Kier alpha value is -1.03. The van der Waals surface area contributed by atoms with Crippen LogP contribution >= 0.6 is 27.3 Å². The Kier molecular flexibility index (Phi) is 4.43. The molecule has 9 heteroatoms. The normalized spacial score (nSPS) is 11.6. The van der Waals surface area contributed by atoms with Gasteiger partial charge in [-0.25, -0.2) is 17.2 Å². The number of nitrogens with two attached hydrogens (primary N) is 1. The third kappa shape index (κ3) is 3.17. The molecular formula is C11H9BrF2N2O2S2. The largest absolute Gasteiger partial charge is 0.326 e. The van der Waals surface area contributed by atoms with E-state index in [4.69, 9.17) is 5.73 Å². The molecule has 4 nitrogen and oxygen atoms in total. The summed E-state index contributed by atoms with van der Waals surface area (Å²) in [6.07, 6.45) is 0. The second kappa shape index (κ2) is 5.76. The van der Waals surface area contributed by atoms with Crippen molar-refractivity contribution in [2.45, 2.75) is 11.4 Å². The molecule has 0 saturated heterocycles. The maximum Gasteiger partial charge on any atom is 0.262 e. The molecule has 0 saturated carbocycles. The maximum absolute atomic E-state index is 13.5. The minimum Gasteiger partial charge on any atom is -0.326 e. The summed E-state index contributed by atoms with van der Waals surface area (Å²) in [7, 11) is -3.93. The number of sulfonamides is 1. The third-order valence-electron chi connectivity index (χ3n) is 2.40. The van der Waals surface area contributed by atoms with Crippen LogP contribution in [0.3, 0.4) is 0 Å². The predicted octanol–water partition coefficient (Wildman–Crippen LogP) is 3.05. The Bertz CT molecular complexity index is 747. The smallest absolute Gasteiger partial charge is 0.262 e. The van der Waals surface area contributed by atoms with Gasteiger partial charge < -0.3 is 5.73 Å². The van der Waals surface area contributed by atoms with Crippen molar-refractivity contribution in [2.75, 3.05) is 4.72 Å². The molecule has 0 unspecified atom stereocenters. The van der Waals surface area contributed by atoms with Gasteiger partial charge in [-0.2, -0.15) is 0 Å². The van der Waals surface area contributed by atoms with Gasteiger partial charge in [0, 0.05) is 22.9 Å². The summed E-state index contributed by atoms with van der Waals surface area (Å²) >= 11 is 4.06. The highest BCUT2D eigenvalue weighted by atomic mass is 79.9. The highest BCUT2D eigenvalue weighted by Crippen LogP contribution is 2.27. The van der Waals surface area contributed by atoms with Gasteiger partial charge in [0.15, 0.2) is 0 Å². The Morgan fingerprint density at radius 2 is 1.95 bits per heavy atom. The second-order valence-corrected chi connectivity index (χ2v) is 7.34. The Balaban J connectivity index is 2.35. The van der Waals surface area contributed by atoms with Crippen molar-refractivity contribution in [2.24, 2.45) is 5.73 Å². The van der Waals surface area contributed by atoms with E-state index in [-0.39, 0.29) is 21.6 Å². The average molecular weight is 383 g/mol. The number of rotatable bonds is 4. The summed E-state index contributed by atoms with van der Waals surface area (Å²) in [5.74, 6) is -1.81. The van der Waals surface area contributed by atoms with Gasteiger partial charge in [0.25, 0.3) is 10.0 Å². The number of hydrogen-bond acceptors (Lipinski definition) is 4. The van der Waals surface area contributed by atoms with E-state index in [0.29, 0.717) is 10.9 Å². The Labute approximate surface area is 126 Å². The van der Waals surface area contributed by atoms with Crippen LogP contribution in [0.2, 0.25) is 0 Å². The van der Waals surface area contributed by atoms with Gasteiger partial charge in [-0.1, -0.05) is 0 Å². The fraction of sp³-hybridized carbons (Fsp3) is 0.0909. The topological polar surface area (TPSA) is 72.2 Å². The molecule has 108 valence electrons. The van der Waals surface area contributed by atoms with E-state index in [1.54, 1.807) is 0 Å². The quantitative estimate of drug-likeness (QED) is 0.798. The van der Waals surface area contributed by atoms with Crippen LogP contribution in [0.15, 0.2) is 32.9 Å². The van der Waals surface area contributed by atoms with E-state index in [9.17, 15) is 17.2 Å². The van der Waals surface area contributed by atoms with E-state index in [0.717, 1.165) is 6.07 Å².